The summed E-state index contributed by atoms with van der Waals surface area (Å²) in [4.78, 5) is 12.1. The summed E-state index contributed by atoms with van der Waals surface area (Å²) in [7, 11) is 0. The Hall–Kier alpha value is -1.46. The second-order valence-corrected chi connectivity index (χ2v) is 5.54. The van der Waals surface area contributed by atoms with Crippen LogP contribution in [0.2, 0.25) is 0 Å². The summed E-state index contributed by atoms with van der Waals surface area (Å²) in [5.41, 5.74) is 6.93. The average Bonchev–Trinajstić information content (AvgIpc) is 2.52. The predicted octanol–water partition coefficient (Wildman–Crippen LogP) is 2.43. The van der Waals surface area contributed by atoms with E-state index in [1.165, 1.54) is 0 Å². The molecule has 2 rings (SSSR count). The molecule has 0 saturated heterocycles. The van der Waals surface area contributed by atoms with Crippen molar-refractivity contribution in [1.29, 1.82) is 0 Å². The van der Waals surface area contributed by atoms with Crippen LogP contribution < -0.4 is 20.5 Å². The maximum Gasteiger partial charge on any atom is 0.237 e. The predicted molar refractivity (Wildman–Crippen MR) is 88.7 cm³/mol. The van der Waals surface area contributed by atoms with E-state index < -0.39 is 6.04 Å². The number of ether oxygens (including phenoxy) is 2. The second kappa shape index (κ2) is 8.25. The van der Waals surface area contributed by atoms with Gasteiger partial charge in [0, 0.05) is 0 Å². The zero-order chi connectivity index (χ0) is 15.4. The van der Waals surface area contributed by atoms with E-state index >= 15 is 0 Å². The van der Waals surface area contributed by atoms with E-state index in [4.69, 9.17) is 15.2 Å². The molecular formula is C16H25ClN2O3. The van der Waals surface area contributed by atoms with Crippen molar-refractivity contribution < 1.29 is 14.3 Å². The number of benzene rings is 1. The van der Waals surface area contributed by atoms with Crippen molar-refractivity contribution in [3.05, 3.63) is 23.8 Å². The summed E-state index contributed by atoms with van der Waals surface area (Å²) in [6, 6.07) is 5.13. The SMILES string of the molecule is CCC(C)C(N)C(=O)NC(C)c1ccc2c(c1)OCCO2.Cl. The van der Waals surface area contributed by atoms with Crippen LogP contribution in [0.1, 0.15) is 38.8 Å². The number of halogens is 1. The summed E-state index contributed by atoms with van der Waals surface area (Å²) in [6.45, 7) is 7.08. The van der Waals surface area contributed by atoms with Crippen molar-refractivity contribution in [2.75, 3.05) is 13.2 Å². The van der Waals surface area contributed by atoms with Crippen molar-refractivity contribution in [1.82, 2.24) is 5.32 Å². The molecule has 1 amide bonds. The molecule has 0 bridgehead atoms. The number of hydrogen-bond acceptors (Lipinski definition) is 4. The number of nitrogens with two attached hydrogens (primary N) is 1. The highest BCUT2D eigenvalue weighted by Gasteiger charge is 2.22. The second-order valence-electron chi connectivity index (χ2n) is 5.54. The molecular weight excluding hydrogens is 304 g/mol. The minimum atomic E-state index is -0.477. The number of fused-ring (bicyclic) bond motifs is 1. The third-order valence-corrected chi connectivity index (χ3v) is 3.98. The summed E-state index contributed by atoms with van der Waals surface area (Å²) < 4.78 is 11.1. The van der Waals surface area contributed by atoms with Crippen LogP contribution in [-0.2, 0) is 4.79 Å². The molecule has 0 aromatic heterocycles. The van der Waals surface area contributed by atoms with Crippen LogP contribution in [0.4, 0.5) is 0 Å². The summed E-state index contributed by atoms with van der Waals surface area (Å²) in [6.07, 6.45) is 0.882. The molecule has 22 heavy (non-hydrogen) atoms. The summed E-state index contributed by atoms with van der Waals surface area (Å²) in [5, 5.41) is 2.96. The Morgan fingerprint density at radius 2 is 1.91 bits per heavy atom. The van der Waals surface area contributed by atoms with Crippen LogP contribution in [0.25, 0.3) is 0 Å². The Bertz CT molecular complexity index is 510. The van der Waals surface area contributed by atoms with Gasteiger partial charge in [0.25, 0.3) is 0 Å². The highest BCUT2D eigenvalue weighted by atomic mass is 35.5. The lowest BCUT2D eigenvalue weighted by molar-refractivity contribution is -0.124. The van der Waals surface area contributed by atoms with E-state index in [9.17, 15) is 4.79 Å². The Morgan fingerprint density at radius 1 is 1.27 bits per heavy atom. The van der Waals surface area contributed by atoms with E-state index in [1.54, 1.807) is 0 Å². The molecule has 1 aromatic carbocycles. The molecule has 0 saturated carbocycles. The lowest BCUT2D eigenvalue weighted by Crippen LogP contribution is -2.45. The maximum absolute atomic E-state index is 12.1. The molecule has 124 valence electrons. The van der Waals surface area contributed by atoms with E-state index in [1.807, 2.05) is 39.0 Å². The smallest absolute Gasteiger partial charge is 0.237 e. The fourth-order valence-corrected chi connectivity index (χ4v) is 2.23. The lowest BCUT2D eigenvalue weighted by atomic mass is 9.98. The Balaban J connectivity index is 0.00000242. The molecule has 1 aliphatic rings. The maximum atomic E-state index is 12.1. The topological polar surface area (TPSA) is 73.6 Å². The number of hydrogen-bond donors (Lipinski definition) is 2. The van der Waals surface area contributed by atoms with Crippen molar-refractivity contribution in [2.24, 2.45) is 11.7 Å². The molecule has 1 heterocycles. The largest absolute Gasteiger partial charge is 0.486 e. The normalized spacial score (nSPS) is 16.9. The quantitative estimate of drug-likeness (QED) is 0.870. The first-order valence-electron chi connectivity index (χ1n) is 7.48. The van der Waals surface area contributed by atoms with Gasteiger partial charge >= 0.3 is 0 Å². The van der Waals surface area contributed by atoms with Gasteiger partial charge in [0.15, 0.2) is 11.5 Å². The van der Waals surface area contributed by atoms with Crippen LogP contribution in [0.5, 0.6) is 11.5 Å². The minimum Gasteiger partial charge on any atom is -0.486 e. The van der Waals surface area contributed by atoms with Gasteiger partial charge in [0.1, 0.15) is 13.2 Å². The first kappa shape index (κ1) is 18.6. The van der Waals surface area contributed by atoms with Crippen LogP contribution >= 0.6 is 12.4 Å². The molecule has 0 aliphatic carbocycles. The molecule has 6 heteroatoms. The van der Waals surface area contributed by atoms with E-state index in [0.29, 0.717) is 13.2 Å². The van der Waals surface area contributed by atoms with Gasteiger partial charge in [-0.05, 0) is 30.5 Å². The minimum absolute atomic E-state index is 0. The molecule has 3 atom stereocenters. The first-order chi connectivity index (χ1) is 10.0. The zero-order valence-corrected chi connectivity index (χ0v) is 14.1. The fourth-order valence-electron chi connectivity index (χ4n) is 2.23. The fraction of sp³-hybridized carbons (Fsp3) is 0.562. The Morgan fingerprint density at radius 3 is 2.55 bits per heavy atom. The van der Waals surface area contributed by atoms with Gasteiger partial charge in [-0.3, -0.25) is 4.79 Å². The molecule has 3 unspecified atom stereocenters. The molecule has 5 nitrogen and oxygen atoms in total. The van der Waals surface area contributed by atoms with Gasteiger partial charge in [-0.2, -0.15) is 0 Å². The third-order valence-electron chi connectivity index (χ3n) is 3.98. The number of nitrogens with one attached hydrogen (secondary N) is 1. The van der Waals surface area contributed by atoms with Crippen LogP contribution in [0, 0.1) is 5.92 Å². The van der Waals surface area contributed by atoms with Gasteiger partial charge < -0.3 is 20.5 Å². The van der Waals surface area contributed by atoms with Crippen LogP contribution in [0.15, 0.2) is 18.2 Å². The summed E-state index contributed by atoms with van der Waals surface area (Å²) in [5.74, 6) is 1.52. The average molecular weight is 329 g/mol. The first-order valence-corrected chi connectivity index (χ1v) is 7.48. The van der Waals surface area contributed by atoms with Gasteiger partial charge in [0.2, 0.25) is 5.91 Å². The highest BCUT2D eigenvalue weighted by Crippen LogP contribution is 2.32. The van der Waals surface area contributed by atoms with Crippen LogP contribution in [-0.4, -0.2) is 25.2 Å². The van der Waals surface area contributed by atoms with Crippen molar-refractivity contribution in [3.63, 3.8) is 0 Å². The van der Waals surface area contributed by atoms with Gasteiger partial charge in [0.05, 0.1) is 12.1 Å². The van der Waals surface area contributed by atoms with Crippen LogP contribution in [0.3, 0.4) is 0 Å². The van der Waals surface area contributed by atoms with E-state index in [2.05, 4.69) is 5.32 Å². The number of amides is 1. The number of rotatable bonds is 5. The number of carbonyl (C=O) groups is 1. The van der Waals surface area contributed by atoms with Crippen molar-refractivity contribution in [3.8, 4) is 11.5 Å². The monoisotopic (exact) mass is 328 g/mol. The summed E-state index contributed by atoms with van der Waals surface area (Å²) >= 11 is 0. The molecule has 3 N–H and O–H groups in total. The van der Waals surface area contributed by atoms with Crippen molar-refractivity contribution >= 4 is 18.3 Å². The molecule has 1 aromatic rings. The van der Waals surface area contributed by atoms with Crippen molar-refractivity contribution in [2.45, 2.75) is 39.3 Å². The molecule has 1 aliphatic heterocycles. The zero-order valence-electron chi connectivity index (χ0n) is 13.3. The van der Waals surface area contributed by atoms with Gasteiger partial charge in [-0.25, -0.2) is 0 Å². The highest BCUT2D eigenvalue weighted by molar-refractivity contribution is 5.85. The molecule has 0 fully saturated rings. The lowest BCUT2D eigenvalue weighted by Gasteiger charge is -2.23. The van der Waals surface area contributed by atoms with E-state index in [0.717, 1.165) is 23.5 Å². The van der Waals surface area contributed by atoms with Gasteiger partial charge in [-0.1, -0.05) is 26.3 Å². The Kier molecular flexibility index (Phi) is 6.97. The standard InChI is InChI=1S/C16H24N2O3.ClH/c1-4-10(2)15(17)16(19)18-11(3)12-5-6-13-14(9-12)21-8-7-20-13;/h5-6,9-11,15H,4,7-8,17H2,1-3H3,(H,18,19);1H. The third kappa shape index (κ3) is 4.27. The molecule has 0 radical (unpaired) electrons. The van der Waals surface area contributed by atoms with Gasteiger partial charge in [-0.15, -0.1) is 12.4 Å². The van der Waals surface area contributed by atoms with E-state index in [-0.39, 0.29) is 30.3 Å². The molecule has 0 spiro atoms. The number of carbonyl (C=O) groups excluding carboxylic acids is 1. The Labute approximate surface area is 138 Å².